The highest BCUT2D eigenvalue weighted by molar-refractivity contribution is 5.98. The number of amides is 1. The average molecular weight is 359 g/mol. The van der Waals surface area contributed by atoms with E-state index in [1.165, 1.54) is 0 Å². The highest BCUT2D eigenvalue weighted by atomic mass is 16.6. The van der Waals surface area contributed by atoms with Gasteiger partial charge in [-0.2, -0.15) is 0 Å². The van der Waals surface area contributed by atoms with Crippen molar-refractivity contribution in [1.82, 2.24) is 14.9 Å². The van der Waals surface area contributed by atoms with Gasteiger partial charge in [0, 0.05) is 30.1 Å². The summed E-state index contributed by atoms with van der Waals surface area (Å²) in [6, 6.07) is 12.8. The van der Waals surface area contributed by atoms with Crippen LogP contribution in [0.3, 0.4) is 0 Å². The summed E-state index contributed by atoms with van der Waals surface area (Å²) in [7, 11) is 0. The average Bonchev–Trinajstić information content (AvgIpc) is 2.98. The van der Waals surface area contributed by atoms with Crippen molar-refractivity contribution < 1.29 is 14.3 Å². The van der Waals surface area contributed by atoms with Crippen LogP contribution in [0.4, 0.5) is 0 Å². The van der Waals surface area contributed by atoms with Gasteiger partial charge in [0.1, 0.15) is 0 Å². The quantitative estimate of drug-likeness (QED) is 0.625. The Hall–Kier alpha value is -3.28. The molecule has 2 aromatic carbocycles. The Morgan fingerprint density at radius 2 is 1.89 bits per heavy atom. The predicted molar refractivity (Wildman–Crippen MR) is 98.2 cm³/mol. The standard InChI is InChI=1S/C21H17N3O3/c25-19(14-6-7-17-18(12-14)23-10-9-22-17)24-11-3-8-21(13-24)16-5-2-1-4-15(16)20(26)27-21/h1-2,4-7,9-10,12H,3,8,11,13H2. The molecule has 0 saturated carbocycles. The molecule has 5 rings (SSSR count). The van der Waals surface area contributed by atoms with Crippen molar-refractivity contribution in [2.24, 2.45) is 0 Å². The highest BCUT2D eigenvalue weighted by Crippen LogP contribution is 2.43. The molecule has 2 aliphatic heterocycles. The van der Waals surface area contributed by atoms with Crippen LogP contribution in [0.15, 0.2) is 54.9 Å². The molecule has 1 spiro atoms. The molecular weight excluding hydrogens is 342 g/mol. The van der Waals surface area contributed by atoms with Crippen LogP contribution in [-0.4, -0.2) is 39.8 Å². The first-order chi connectivity index (χ1) is 13.2. The van der Waals surface area contributed by atoms with E-state index in [9.17, 15) is 9.59 Å². The number of nitrogens with zero attached hydrogens (tertiary/aromatic N) is 3. The second-order valence-corrected chi connectivity index (χ2v) is 7.02. The van der Waals surface area contributed by atoms with Gasteiger partial charge in [-0.15, -0.1) is 0 Å². The van der Waals surface area contributed by atoms with Crippen molar-refractivity contribution in [3.8, 4) is 0 Å². The Morgan fingerprint density at radius 1 is 1.07 bits per heavy atom. The van der Waals surface area contributed by atoms with Crippen LogP contribution in [0.2, 0.25) is 0 Å². The molecule has 1 saturated heterocycles. The van der Waals surface area contributed by atoms with E-state index < -0.39 is 5.60 Å². The Kier molecular flexibility index (Phi) is 3.47. The van der Waals surface area contributed by atoms with Gasteiger partial charge in [-0.25, -0.2) is 4.79 Å². The molecule has 27 heavy (non-hydrogen) atoms. The lowest BCUT2D eigenvalue weighted by Crippen LogP contribution is -2.48. The van der Waals surface area contributed by atoms with Gasteiger partial charge < -0.3 is 9.64 Å². The lowest BCUT2D eigenvalue weighted by atomic mass is 9.85. The van der Waals surface area contributed by atoms with E-state index in [1.807, 2.05) is 18.2 Å². The van der Waals surface area contributed by atoms with Crippen molar-refractivity contribution in [3.05, 3.63) is 71.5 Å². The number of likely N-dealkylation sites (tertiary alicyclic amines) is 1. The van der Waals surface area contributed by atoms with Gasteiger partial charge in [0.15, 0.2) is 5.60 Å². The van der Waals surface area contributed by atoms with E-state index in [0.29, 0.717) is 29.7 Å². The first kappa shape index (κ1) is 15.9. The summed E-state index contributed by atoms with van der Waals surface area (Å²) in [5, 5.41) is 0. The molecule has 6 nitrogen and oxygen atoms in total. The minimum Gasteiger partial charge on any atom is -0.449 e. The van der Waals surface area contributed by atoms with Gasteiger partial charge in [0.05, 0.1) is 23.1 Å². The maximum Gasteiger partial charge on any atom is 0.339 e. The summed E-state index contributed by atoms with van der Waals surface area (Å²) in [5.74, 6) is -0.386. The number of piperidine rings is 1. The highest BCUT2D eigenvalue weighted by Gasteiger charge is 2.48. The molecule has 1 aromatic heterocycles. The monoisotopic (exact) mass is 359 g/mol. The second-order valence-electron chi connectivity index (χ2n) is 7.02. The largest absolute Gasteiger partial charge is 0.449 e. The number of carbonyl (C=O) groups excluding carboxylic acids is 2. The van der Waals surface area contributed by atoms with Crippen LogP contribution >= 0.6 is 0 Å². The first-order valence-electron chi connectivity index (χ1n) is 8.99. The summed E-state index contributed by atoms with van der Waals surface area (Å²) in [6.45, 7) is 1.01. The summed E-state index contributed by atoms with van der Waals surface area (Å²) in [4.78, 5) is 35.7. The molecule has 0 aliphatic carbocycles. The van der Waals surface area contributed by atoms with E-state index in [4.69, 9.17) is 4.74 Å². The third kappa shape index (κ3) is 2.48. The topological polar surface area (TPSA) is 72.4 Å². The SMILES string of the molecule is O=C1OC2(CCCN(C(=O)c3ccc4nccnc4c3)C2)c2ccccc21. The number of benzene rings is 2. The van der Waals surface area contributed by atoms with Gasteiger partial charge in [-0.1, -0.05) is 18.2 Å². The summed E-state index contributed by atoms with van der Waals surface area (Å²) >= 11 is 0. The summed E-state index contributed by atoms with van der Waals surface area (Å²) in [6.07, 6.45) is 4.75. The van der Waals surface area contributed by atoms with E-state index in [-0.39, 0.29) is 11.9 Å². The van der Waals surface area contributed by atoms with Gasteiger partial charge in [0.2, 0.25) is 0 Å². The summed E-state index contributed by atoms with van der Waals surface area (Å²) < 4.78 is 5.79. The van der Waals surface area contributed by atoms with E-state index in [0.717, 1.165) is 23.9 Å². The number of esters is 1. The van der Waals surface area contributed by atoms with Crippen LogP contribution in [0.5, 0.6) is 0 Å². The van der Waals surface area contributed by atoms with E-state index in [1.54, 1.807) is 41.6 Å². The number of carbonyl (C=O) groups is 2. The predicted octanol–water partition coefficient (Wildman–Crippen LogP) is 2.93. The Morgan fingerprint density at radius 3 is 2.78 bits per heavy atom. The van der Waals surface area contributed by atoms with E-state index in [2.05, 4.69) is 9.97 Å². The molecule has 134 valence electrons. The number of fused-ring (bicyclic) bond motifs is 3. The van der Waals surface area contributed by atoms with Crippen molar-refractivity contribution >= 4 is 22.9 Å². The minimum atomic E-state index is -0.738. The number of hydrogen-bond acceptors (Lipinski definition) is 5. The molecular formula is C21H17N3O3. The molecule has 1 atom stereocenters. The smallest absolute Gasteiger partial charge is 0.339 e. The summed E-state index contributed by atoms with van der Waals surface area (Å²) in [5.41, 5.74) is 2.76. The normalized spacial score (nSPS) is 21.3. The number of ether oxygens (including phenoxy) is 1. The van der Waals surface area contributed by atoms with Gasteiger partial charge in [-0.05, 0) is 37.1 Å². The maximum atomic E-state index is 13.1. The fraction of sp³-hybridized carbons (Fsp3) is 0.238. The molecule has 1 fully saturated rings. The van der Waals surface area contributed by atoms with Crippen LogP contribution in [0.1, 0.15) is 39.1 Å². The van der Waals surface area contributed by atoms with E-state index >= 15 is 0 Å². The minimum absolute atomic E-state index is 0.0814. The van der Waals surface area contributed by atoms with Gasteiger partial charge >= 0.3 is 5.97 Å². The molecule has 1 unspecified atom stereocenters. The third-order valence-electron chi connectivity index (χ3n) is 5.38. The zero-order valence-corrected chi connectivity index (χ0v) is 14.6. The number of hydrogen-bond donors (Lipinski definition) is 0. The molecule has 0 radical (unpaired) electrons. The Bertz CT molecular complexity index is 1080. The van der Waals surface area contributed by atoms with Crippen LogP contribution < -0.4 is 0 Å². The first-order valence-corrected chi connectivity index (χ1v) is 8.99. The van der Waals surface area contributed by atoms with Crippen LogP contribution in [-0.2, 0) is 10.3 Å². The zero-order valence-electron chi connectivity index (χ0n) is 14.6. The van der Waals surface area contributed by atoms with Gasteiger partial charge in [0.25, 0.3) is 5.91 Å². The molecule has 6 heteroatoms. The van der Waals surface area contributed by atoms with Crippen molar-refractivity contribution in [3.63, 3.8) is 0 Å². The molecule has 1 amide bonds. The van der Waals surface area contributed by atoms with Crippen LogP contribution in [0, 0.1) is 0 Å². The molecule has 0 bridgehead atoms. The maximum absolute atomic E-state index is 13.1. The fourth-order valence-corrected chi connectivity index (χ4v) is 4.12. The van der Waals surface area contributed by atoms with Crippen molar-refractivity contribution in [1.29, 1.82) is 0 Å². The zero-order chi connectivity index (χ0) is 18.4. The number of aromatic nitrogens is 2. The molecule has 2 aliphatic rings. The second kappa shape index (κ2) is 5.87. The van der Waals surface area contributed by atoms with Crippen molar-refractivity contribution in [2.75, 3.05) is 13.1 Å². The number of rotatable bonds is 1. The van der Waals surface area contributed by atoms with Gasteiger partial charge in [-0.3, -0.25) is 14.8 Å². The molecule has 0 N–H and O–H groups in total. The molecule has 3 heterocycles. The fourth-order valence-electron chi connectivity index (χ4n) is 4.12. The van der Waals surface area contributed by atoms with Crippen LogP contribution in [0.25, 0.3) is 11.0 Å². The van der Waals surface area contributed by atoms with Crippen molar-refractivity contribution in [2.45, 2.75) is 18.4 Å². The third-order valence-corrected chi connectivity index (χ3v) is 5.38. The Labute approximate surface area is 155 Å². The molecule has 3 aromatic rings. The Balaban J connectivity index is 1.47. The lowest BCUT2D eigenvalue weighted by molar-refractivity contribution is -0.0442. The lowest BCUT2D eigenvalue weighted by Gasteiger charge is -2.39.